The highest BCUT2D eigenvalue weighted by Crippen LogP contribution is 2.16. The van der Waals surface area contributed by atoms with Gasteiger partial charge in [-0.1, -0.05) is 13.8 Å². The van der Waals surface area contributed by atoms with Gasteiger partial charge in [0.05, 0.1) is 11.7 Å². The fraction of sp³-hybridized carbons (Fsp3) is 0.750. The topological polar surface area (TPSA) is 92.6 Å². The summed E-state index contributed by atoms with van der Waals surface area (Å²) in [5, 5.41) is 14.0. The van der Waals surface area contributed by atoms with Gasteiger partial charge in [0, 0.05) is 32.9 Å². The highest BCUT2D eigenvalue weighted by molar-refractivity contribution is 5.79. The zero-order chi connectivity index (χ0) is 21.2. The van der Waals surface area contributed by atoms with Crippen LogP contribution in [0.3, 0.4) is 0 Å². The van der Waals surface area contributed by atoms with Crippen LogP contribution in [0.1, 0.15) is 59.4 Å². The van der Waals surface area contributed by atoms with Crippen LogP contribution in [0.5, 0.6) is 0 Å². The summed E-state index contributed by atoms with van der Waals surface area (Å²) < 4.78 is 7.36. The molecule has 0 aliphatic carbocycles. The average molecular weight is 395 g/mol. The summed E-state index contributed by atoms with van der Waals surface area (Å²) in [5.74, 6) is 0.717. The van der Waals surface area contributed by atoms with Gasteiger partial charge in [-0.25, -0.2) is 4.79 Å². The average Bonchev–Trinajstić information content (AvgIpc) is 3.03. The van der Waals surface area contributed by atoms with Gasteiger partial charge in [0.25, 0.3) is 0 Å². The molecule has 1 rings (SSSR count). The number of aliphatic imine (C=N–C) groups is 1. The maximum Gasteiger partial charge on any atom is 0.408 e. The van der Waals surface area contributed by atoms with Crippen molar-refractivity contribution >= 4 is 12.1 Å². The van der Waals surface area contributed by atoms with Gasteiger partial charge in [0.1, 0.15) is 5.60 Å². The van der Waals surface area contributed by atoms with Gasteiger partial charge in [-0.05, 0) is 52.5 Å². The molecule has 0 saturated carbocycles. The highest BCUT2D eigenvalue weighted by atomic mass is 16.6. The van der Waals surface area contributed by atoms with Gasteiger partial charge in [-0.15, -0.1) is 0 Å². The van der Waals surface area contributed by atoms with E-state index in [0.29, 0.717) is 12.5 Å². The predicted octanol–water partition coefficient (Wildman–Crippen LogP) is 2.83. The van der Waals surface area contributed by atoms with Gasteiger partial charge in [-0.2, -0.15) is 5.10 Å². The van der Waals surface area contributed by atoms with Gasteiger partial charge < -0.3 is 20.7 Å². The third kappa shape index (κ3) is 8.63. The van der Waals surface area contributed by atoms with Crippen molar-refractivity contribution in [1.82, 2.24) is 25.7 Å². The molecule has 1 aromatic heterocycles. The van der Waals surface area contributed by atoms with Crippen molar-refractivity contribution in [2.45, 2.75) is 78.5 Å². The summed E-state index contributed by atoms with van der Waals surface area (Å²) in [7, 11) is 1.74. The largest absolute Gasteiger partial charge is 0.444 e. The number of hydrogen-bond donors (Lipinski definition) is 3. The number of aryl methyl sites for hydroxylation is 2. The summed E-state index contributed by atoms with van der Waals surface area (Å²) >= 11 is 0. The van der Waals surface area contributed by atoms with Crippen LogP contribution in [0.2, 0.25) is 0 Å². The SMILES string of the molecule is CCC(CC)(CNC(=NC)NCCCn1cc(C)cn1)NC(=O)OC(C)(C)C. The first-order chi connectivity index (χ1) is 13.1. The molecule has 0 unspecified atom stereocenters. The standard InChI is InChI=1S/C20H38N6O2/c1-8-20(9-2,25-18(27)28-19(4,5)6)15-23-17(21-7)22-11-10-12-26-14-16(3)13-24-26/h13-14H,8-12,15H2,1-7H3,(H,25,27)(H2,21,22,23). The molecule has 0 radical (unpaired) electrons. The third-order valence-electron chi connectivity index (χ3n) is 4.56. The second-order valence-corrected chi connectivity index (χ2v) is 8.10. The third-order valence-corrected chi connectivity index (χ3v) is 4.56. The van der Waals surface area contributed by atoms with Crippen molar-refractivity contribution in [3.05, 3.63) is 18.0 Å². The van der Waals surface area contributed by atoms with E-state index in [2.05, 4.69) is 39.9 Å². The smallest absolute Gasteiger partial charge is 0.408 e. The van der Waals surface area contributed by atoms with E-state index in [1.54, 1.807) is 7.05 Å². The lowest BCUT2D eigenvalue weighted by Gasteiger charge is -2.34. The van der Waals surface area contributed by atoms with Gasteiger partial charge >= 0.3 is 6.09 Å². The van der Waals surface area contributed by atoms with Gasteiger partial charge in [0.15, 0.2) is 5.96 Å². The Morgan fingerprint density at radius 1 is 1.25 bits per heavy atom. The minimum atomic E-state index is -0.518. The molecule has 160 valence electrons. The fourth-order valence-corrected chi connectivity index (χ4v) is 2.75. The number of alkyl carbamates (subject to hydrolysis) is 1. The number of guanidine groups is 1. The summed E-state index contributed by atoms with van der Waals surface area (Å²) in [6.45, 7) is 13.9. The Balaban J connectivity index is 2.48. The van der Waals surface area contributed by atoms with E-state index in [0.717, 1.165) is 32.4 Å². The van der Waals surface area contributed by atoms with E-state index in [1.165, 1.54) is 5.56 Å². The number of hydrogen-bond acceptors (Lipinski definition) is 4. The summed E-state index contributed by atoms with van der Waals surface area (Å²) in [6, 6.07) is 0. The number of rotatable bonds is 9. The first-order valence-electron chi connectivity index (χ1n) is 10.1. The van der Waals surface area contributed by atoms with Gasteiger partial charge in [0.2, 0.25) is 0 Å². The molecule has 0 aliphatic rings. The summed E-state index contributed by atoms with van der Waals surface area (Å²) in [5.41, 5.74) is 0.250. The molecule has 3 N–H and O–H groups in total. The number of carbonyl (C=O) groups excluding carboxylic acids is 1. The van der Waals surface area contributed by atoms with Crippen LogP contribution in [-0.4, -0.2) is 53.1 Å². The molecule has 28 heavy (non-hydrogen) atoms. The molecular formula is C20H38N6O2. The molecule has 0 spiro atoms. The Morgan fingerprint density at radius 2 is 1.93 bits per heavy atom. The first-order valence-corrected chi connectivity index (χ1v) is 10.1. The Morgan fingerprint density at radius 3 is 2.43 bits per heavy atom. The van der Waals surface area contributed by atoms with E-state index >= 15 is 0 Å². The summed E-state index contributed by atoms with van der Waals surface area (Å²) in [4.78, 5) is 16.5. The number of aromatic nitrogens is 2. The van der Waals surface area contributed by atoms with Crippen molar-refractivity contribution in [2.24, 2.45) is 4.99 Å². The minimum Gasteiger partial charge on any atom is -0.444 e. The van der Waals surface area contributed by atoms with Crippen molar-refractivity contribution in [3.63, 3.8) is 0 Å². The number of amides is 1. The lowest BCUT2D eigenvalue weighted by Crippen LogP contribution is -2.57. The minimum absolute atomic E-state index is 0.393. The molecular weight excluding hydrogens is 356 g/mol. The predicted molar refractivity (Wildman–Crippen MR) is 114 cm³/mol. The molecule has 0 saturated heterocycles. The molecule has 1 heterocycles. The molecule has 0 aliphatic heterocycles. The van der Waals surface area contributed by atoms with Crippen LogP contribution in [0, 0.1) is 6.92 Å². The second kappa shape index (κ2) is 10.9. The van der Waals surface area contributed by atoms with E-state index < -0.39 is 17.2 Å². The molecule has 0 aromatic carbocycles. The Bertz CT molecular complexity index is 629. The molecule has 8 nitrogen and oxygen atoms in total. The number of carbonyl (C=O) groups is 1. The quantitative estimate of drug-likeness (QED) is 0.340. The van der Waals surface area contributed by atoms with Crippen LogP contribution in [-0.2, 0) is 11.3 Å². The van der Waals surface area contributed by atoms with Crippen molar-refractivity contribution < 1.29 is 9.53 Å². The van der Waals surface area contributed by atoms with E-state index in [-0.39, 0.29) is 0 Å². The number of nitrogens with zero attached hydrogens (tertiary/aromatic N) is 3. The highest BCUT2D eigenvalue weighted by Gasteiger charge is 2.30. The molecule has 1 amide bonds. The van der Waals surface area contributed by atoms with Crippen LogP contribution >= 0.6 is 0 Å². The molecule has 0 atom stereocenters. The lowest BCUT2D eigenvalue weighted by atomic mass is 9.93. The summed E-state index contributed by atoms with van der Waals surface area (Å²) in [6.07, 6.45) is 6.00. The van der Waals surface area contributed by atoms with Crippen LogP contribution < -0.4 is 16.0 Å². The van der Waals surface area contributed by atoms with E-state index in [1.807, 2.05) is 44.8 Å². The zero-order valence-corrected chi connectivity index (χ0v) is 18.6. The van der Waals surface area contributed by atoms with Crippen molar-refractivity contribution in [1.29, 1.82) is 0 Å². The number of ether oxygens (including phenoxy) is 1. The monoisotopic (exact) mass is 394 g/mol. The fourth-order valence-electron chi connectivity index (χ4n) is 2.75. The Kier molecular flexibility index (Phi) is 9.28. The normalized spacial score (nSPS) is 12.6. The van der Waals surface area contributed by atoms with Crippen molar-refractivity contribution in [2.75, 3.05) is 20.1 Å². The molecule has 0 fully saturated rings. The Hall–Kier alpha value is -2.25. The maximum atomic E-state index is 12.2. The van der Waals surface area contributed by atoms with E-state index in [9.17, 15) is 4.79 Å². The van der Waals surface area contributed by atoms with Gasteiger partial charge in [-0.3, -0.25) is 9.67 Å². The maximum absolute atomic E-state index is 12.2. The molecule has 8 heteroatoms. The van der Waals surface area contributed by atoms with Crippen LogP contribution in [0.25, 0.3) is 0 Å². The first kappa shape index (κ1) is 23.8. The van der Waals surface area contributed by atoms with Crippen LogP contribution in [0.15, 0.2) is 17.4 Å². The number of nitrogens with one attached hydrogen (secondary N) is 3. The van der Waals surface area contributed by atoms with E-state index in [4.69, 9.17) is 4.74 Å². The van der Waals surface area contributed by atoms with Crippen molar-refractivity contribution in [3.8, 4) is 0 Å². The molecule has 0 bridgehead atoms. The second-order valence-electron chi connectivity index (χ2n) is 8.10. The van der Waals surface area contributed by atoms with Crippen LogP contribution in [0.4, 0.5) is 4.79 Å². The zero-order valence-electron chi connectivity index (χ0n) is 18.6. The Labute approximate surface area is 169 Å². The molecule has 1 aromatic rings. The lowest BCUT2D eigenvalue weighted by molar-refractivity contribution is 0.0448.